The second kappa shape index (κ2) is 4.65. The molecule has 2 fully saturated rings. The van der Waals surface area contributed by atoms with Crippen LogP contribution in [0.25, 0.3) is 0 Å². The van der Waals surface area contributed by atoms with E-state index in [4.69, 9.17) is 0 Å². The maximum absolute atomic E-state index is 3.89. The highest BCUT2D eigenvalue weighted by Gasteiger charge is 2.34. The number of piperidine rings is 1. The van der Waals surface area contributed by atoms with E-state index in [1.165, 1.54) is 44.9 Å². The smallest absolute Gasteiger partial charge is 0.0100 e. The Balaban J connectivity index is 1.89. The maximum atomic E-state index is 3.89. The highest BCUT2D eigenvalue weighted by molar-refractivity contribution is 4.91. The van der Waals surface area contributed by atoms with Crippen molar-refractivity contribution < 1.29 is 0 Å². The summed E-state index contributed by atoms with van der Waals surface area (Å²) in [6.45, 7) is 4.76. The number of fused-ring (bicyclic) bond motifs is 1. The fraction of sp³-hybridized carbons (Fsp3) is 1.00. The summed E-state index contributed by atoms with van der Waals surface area (Å²) >= 11 is 0. The van der Waals surface area contributed by atoms with E-state index in [0.29, 0.717) is 0 Å². The topological polar surface area (TPSA) is 12.0 Å². The summed E-state index contributed by atoms with van der Waals surface area (Å²) in [6.07, 6.45) is 10.0. The first-order valence-electron chi connectivity index (χ1n) is 6.57. The second-order valence-corrected chi connectivity index (χ2v) is 5.41. The lowest BCUT2D eigenvalue weighted by Gasteiger charge is -2.44. The zero-order valence-corrected chi connectivity index (χ0v) is 9.76. The molecule has 1 saturated heterocycles. The quantitative estimate of drug-likeness (QED) is 0.712. The van der Waals surface area contributed by atoms with Crippen LogP contribution in [0.3, 0.4) is 0 Å². The summed E-state index contributed by atoms with van der Waals surface area (Å²) in [6, 6.07) is 1.70. The third-order valence-electron chi connectivity index (χ3n) is 4.36. The summed E-state index contributed by atoms with van der Waals surface area (Å²) in [5, 5.41) is 3.89. The number of rotatable bonds is 2. The van der Waals surface area contributed by atoms with Crippen molar-refractivity contribution in [1.29, 1.82) is 0 Å². The van der Waals surface area contributed by atoms with Gasteiger partial charge in [0.05, 0.1) is 0 Å². The van der Waals surface area contributed by atoms with Gasteiger partial charge in [-0.1, -0.05) is 33.1 Å². The molecule has 1 N–H and O–H groups in total. The normalized spacial score (nSPS) is 43.3. The lowest BCUT2D eigenvalue weighted by Crippen LogP contribution is -2.50. The third-order valence-corrected chi connectivity index (χ3v) is 4.36. The fourth-order valence-corrected chi connectivity index (χ4v) is 3.53. The average molecular weight is 195 g/mol. The molecular weight excluding hydrogens is 170 g/mol. The van der Waals surface area contributed by atoms with E-state index in [1.807, 2.05) is 0 Å². The van der Waals surface area contributed by atoms with E-state index < -0.39 is 0 Å². The summed E-state index contributed by atoms with van der Waals surface area (Å²) in [5.41, 5.74) is 0. The molecule has 1 aliphatic heterocycles. The Morgan fingerprint density at radius 1 is 1.14 bits per heavy atom. The Morgan fingerprint density at radius 3 is 2.79 bits per heavy atom. The van der Waals surface area contributed by atoms with Gasteiger partial charge in [-0.15, -0.1) is 0 Å². The number of nitrogens with one attached hydrogen (secondary N) is 1. The molecule has 2 rings (SSSR count). The van der Waals surface area contributed by atoms with Crippen LogP contribution in [0, 0.1) is 11.8 Å². The van der Waals surface area contributed by atoms with E-state index in [2.05, 4.69) is 19.2 Å². The summed E-state index contributed by atoms with van der Waals surface area (Å²) < 4.78 is 0. The molecule has 82 valence electrons. The molecule has 14 heavy (non-hydrogen) atoms. The summed E-state index contributed by atoms with van der Waals surface area (Å²) in [7, 11) is 0. The molecule has 1 aliphatic carbocycles. The first kappa shape index (κ1) is 10.5. The van der Waals surface area contributed by atoms with Crippen molar-refractivity contribution in [2.24, 2.45) is 11.8 Å². The molecule has 0 amide bonds. The van der Waals surface area contributed by atoms with Crippen LogP contribution in [-0.2, 0) is 0 Å². The van der Waals surface area contributed by atoms with Gasteiger partial charge in [0.2, 0.25) is 0 Å². The van der Waals surface area contributed by atoms with E-state index in [9.17, 15) is 0 Å². The molecule has 2 aliphatic rings. The van der Waals surface area contributed by atoms with Gasteiger partial charge >= 0.3 is 0 Å². The molecule has 1 saturated carbocycles. The van der Waals surface area contributed by atoms with Crippen LogP contribution in [0.4, 0.5) is 0 Å². The van der Waals surface area contributed by atoms with E-state index in [0.717, 1.165) is 23.9 Å². The zero-order chi connectivity index (χ0) is 9.97. The van der Waals surface area contributed by atoms with Crippen LogP contribution in [-0.4, -0.2) is 12.1 Å². The summed E-state index contributed by atoms with van der Waals surface area (Å²) in [5.74, 6) is 1.97. The predicted molar refractivity (Wildman–Crippen MR) is 61.4 cm³/mol. The SMILES string of the molecule is CCC[C@@H]1CC[C@H]2[C@H](C)CCC[C@@H]2N1. The van der Waals surface area contributed by atoms with Crippen LogP contribution < -0.4 is 5.32 Å². The number of hydrogen-bond acceptors (Lipinski definition) is 1. The Kier molecular flexibility index (Phi) is 3.48. The van der Waals surface area contributed by atoms with Crippen LogP contribution in [0.15, 0.2) is 0 Å². The molecular formula is C13H25N. The van der Waals surface area contributed by atoms with Crippen molar-refractivity contribution in [2.45, 2.75) is 70.9 Å². The van der Waals surface area contributed by atoms with Gasteiger partial charge in [-0.3, -0.25) is 0 Å². The summed E-state index contributed by atoms with van der Waals surface area (Å²) in [4.78, 5) is 0. The molecule has 0 aromatic carbocycles. The van der Waals surface area contributed by atoms with Crippen LogP contribution in [0.1, 0.15) is 58.8 Å². The van der Waals surface area contributed by atoms with Gasteiger partial charge in [0.1, 0.15) is 0 Å². The zero-order valence-electron chi connectivity index (χ0n) is 9.76. The minimum Gasteiger partial charge on any atom is -0.311 e. The Hall–Kier alpha value is -0.0400. The maximum Gasteiger partial charge on any atom is 0.0100 e. The predicted octanol–water partition coefficient (Wildman–Crippen LogP) is 3.34. The Labute approximate surface area is 88.7 Å². The Bertz CT molecular complexity index is 178. The van der Waals surface area contributed by atoms with Crippen molar-refractivity contribution in [3.63, 3.8) is 0 Å². The van der Waals surface area contributed by atoms with Gasteiger partial charge in [-0.2, -0.15) is 0 Å². The van der Waals surface area contributed by atoms with Crippen molar-refractivity contribution >= 4 is 0 Å². The first-order valence-corrected chi connectivity index (χ1v) is 6.57. The van der Waals surface area contributed by atoms with Gasteiger partial charge in [-0.05, 0) is 37.5 Å². The Morgan fingerprint density at radius 2 is 2.00 bits per heavy atom. The number of hydrogen-bond donors (Lipinski definition) is 1. The highest BCUT2D eigenvalue weighted by Crippen LogP contribution is 2.36. The van der Waals surface area contributed by atoms with Gasteiger partial charge in [0.15, 0.2) is 0 Å². The van der Waals surface area contributed by atoms with Crippen molar-refractivity contribution in [3.8, 4) is 0 Å². The molecule has 0 unspecified atom stereocenters. The molecule has 0 aromatic rings. The second-order valence-electron chi connectivity index (χ2n) is 5.41. The lowest BCUT2D eigenvalue weighted by atomic mass is 9.71. The monoisotopic (exact) mass is 195 g/mol. The van der Waals surface area contributed by atoms with Crippen LogP contribution in [0.5, 0.6) is 0 Å². The van der Waals surface area contributed by atoms with Gasteiger partial charge in [-0.25, -0.2) is 0 Å². The average Bonchev–Trinajstić information content (AvgIpc) is 2.18. The van der Waals surface area contributed by atoms with Gasteiger partial charge in [0, 0.05) is 12.1 Å². The minimum atomic E-state index is 0.839. The van der Waals surface area contributed by atoms with Gasteiger partial charge in [0.25, 0.3) is 0 Å². The van der Waals surface area contributed by atoms with Crippen molar-refractivity contribution in [2.75, 3.05) is 0 Å². The lowest BCUT2D eigenvalue weighted by molar-refractivity contribution is 0.122. The third kappa shape index (κ3) is 2.13. The van der Waals surface area contributed by atoms with Crippen molar-refractivity contribution in [1.82, 2.24) is 5.32 Å². The molecule has 0 aromatic heterocycles. The van der Waals surface area contributed by atoms with E-state index in [1.54, 1.807) is 0 Å². The largest absolute Gasteiger partial charge is 0.311 e. The molecule has 0 radical (unpaired) electrons. The van der Waals surface area contributed by atoms with E-state index in [-0.39, 0.29) is 0 Å². The standard InChI is InChI=1S/C13H25N/c1-3-5-11-8-9-12-10(2)6-4-7-13(12)14-11/h10-14H,3-9H2,1-2H3/t10-,11-,12+,13+/m1/s1. The molecule has 1 heterocycles. The molecule has 1 nitrogen and oxygen atoms in total. The van der Waals surface area contributed by atoms with Crippen LogP contribution >= 0.6 is 0 Å². The molecule has 1 heteroatoms. The molecule has 0 bridgehead atoms. The first-order chi connectivity index (χ1) is 6.81. The van der Waals surface area contributed by atoms with Crippen LogP contribution in [0.2, 0.25) is 0 Å². The minimum absolute atomic E-state index is 0.839. The highest BCUT2D eigenvalue weighted by atomic mass is 15.0. The fourth-order valence-electron chi connectivity index (χ4n) is 3.53. The van der Waals surface area contributed by atoms with Crippen molar-refractivity contribution in [3.05, 3.63) is 0 Å². The van der Waals surface area contributed by atoms with E-state index >= 15 is 0 Å². The molecule has 4 atom stereocenters. The molecule has 0 spiro atoms. The van der Waals surface area contributed by atoms with Gasteiger partial charge < -0.3 is 5.32 Å².